The van der Waals surface area contributed by atoms with E-state index in [1.807, 2.05) is 44.2 Å². The summed E-state index contributed by atoms with van der Waals surface area (Å²) in [6.45, 7) is 3.91. The van der Waals surface area contributed by atoms with Crippen molar-refractivity contribution in [2.45, 2.75) is 23.6 Å². The molecule has 0 saturated heterocycles. The van der Waals surface area contributed by atoms with Crippen LogP contribution in [0.3, 0.4) is 0 Å². The van der Waals surface area contributed by atoms with E-state index < -0.39 is 10.0 Å². The fourth-order valence-electron chi connectivity index (χ4n) is 3.01. The maximum absolute atomic E-state index is 13.4. The highest BCUT2D eigenvalue weighted by molar-refractivity contribution is 7.99. The number of nitrogens with one attached hydrogen (secondary N) is 1. The highest BCUT2D eigenvalue weighted by Gasteiger charge is 2.27. The molecule has 0 aromatic heterocycles. The van der Waals surface area contributed by atoms with Gasteiger partial charge in [0.2, 0.25) is 5.91 Å². The predicted molar refractivity (Wildman–Crippen MR) is 137 cm³/mol. The Morgan fingerprint density at radius 2 is 1.52 bits per heavy atom. The Hall–Kier alpha value is -2.19. The van der Waals surface area contributed by atoms with Gasteiger partial charge in [-0.05, 0) is 85.6 Å². The third-order valence-corrected chi connectivity index (χ3v) is 8.28. The molecule has 1 N–H and O–H groups in total. The largest absolute Gasteiger partial charge is 0.354 e. The molecular formula is C24H24Cl2N2O3S2. The number of halogens is 2. The van der Waals surface area contributed by atoms with Gasteiger partial charge in [0.25, 0.3) is 10.0 Å². The zero-order valence-corrected chi connectivity index (χ0v) is 21.4. The van der Waals surface area contributed by atoms with E-state index in [2.05, 4.69) is 5.32 Å². The molecule has 174 valence electrons. The molecule has 3 aromatic carbocycles. The number of thioether (sulfide) groups is 1. The van der Waals surface area contributed by atoms with Gasteiger partial charge in [-0.2, -0.15) is 0 Å². The first-order chi connectivity index (χ1) is 15.7. The Balaban J connectivity index is 1.73. The molecule has 0 radical (unpaired) electrons. The number of hydrogen-bond donors (Lipinski definition) is 1. The van der Waals surface area contributed by atoms with Gasteiger partial charge < -0.3 is 5.32 Å². The zero-order valence-electron chi connectivity index (χ0n) is 18.2. The summed E-state index contributed by atoms with van der Waals surface area (Å²) in [5, 5.41) is 3.91. The molecule has 5 nitrogen and oxygen atoms in total. The summed E-state index contributed by atoms with van der Waals surface area (Å²) < 4.78 is 27.9. The van der Waals surface area contributed by atoms with Crippen LogP contribution in [0, 0.1) is 13.8 Å². The number of carbonyl (C=O) groups is 1. The first-order valence-electron chi connectivity index (χ1n) is 10.2. The number of sulfonamides is 1. The van der Waals surface area contributed by atoms with Crippen LogP contribution in [0.15, 0.2) is 76.5 Å². The maximum atomic E-state index is 13.4. The molecule has 3 aromatic rings. The molecule has 0 heterocycles. The van der Waals surface area contributed by atoms with E-state index in [9.17, 15) is 13.2 Å². The van der Waals surface area contributed by atoms with Gasteiger partial charge in [-0.1, -0.05) is 29.3 Å². The number of hydrogen-bond acceptors (Lipinski definition) is 4. The van der Waals surface area contributed by atoms with Crippen LogP contribution in [0.5, 0.6) is 0 Å². The first-order valence-corrected chi connectivity index (χ1v) is 13.4. The lowest BCUT2D eigenvalue weighted by Gasteiger charge is -2.25. The van der Waals surface area contributed by atoms with Gasteiger partial charge in [0.1, 0.15) is 6.54 Å². The standard InChI is InChI=1S/C24H24Cl2N2O3S2/c1-17-3-8-21(15-18(17)2)28(33(30,31)23-11-6-20(26)7-12-23)16-24(29)27-13-14-32-22-9-4-19(25)5-10-22/h3-12,15H,13-14,16H2,1-2H3,(H,27,29). The summed E-state index contributed by atoms with van der Waals surface area (Å²) >= 11 is 13.4. The Labute approximate surface area is 209 Å². The topological polar surface area (TPSA) is 66.5 Å². The lowest BCUT2D eigenvalue weighted by Crippen LogP contribution is -2.41. The lowest BCUT2D eigenvalue weighted by molar-refractivity contribution is -0.119. The van der Waals surface area contributed by atoms with Crippen molar-refractivity contribution < 1.29 is 13.2 Å². The van der Waals surface area contributed by atoms with Crippen molar-refractivity contribution in [1.82, 2.24) is 5.32 Å². The van der Waals surface area contributed by atoms with Crippen molar-refractivity contribution >= 4 is 56.6 Å². The molecule has 0 aliphatic carbocycles. The van der Waals surface area contributed by atoms with Gasteiger partial charge in [0, 0.05) is 27.2 Å². The SMILES string of the molecule is Cc1ccc(N(CC(=O)NCCSc2ccc(Cl)cc2)S(=O)(=O)c2ccc(Cl)cc2)cc1C. The number of benzene rings is 3. The van der Waals surface area contributed by atoms with Crippen molar-refractivity contribution in [1.29, 1.82) is 0 Å². The maximum Gasteiger partial charge on any atom is 0.264 e. The van der Waals surface area contributed by atoms with Crippen molar-refractivity contribution in [2.24, 2.45) is 0 Å². The lowest BCUT2D eigenvalue weighted by atomic mass is 10.1. The molecule has 9 heteroatoms. The average Bonchev–Trinajstić information content (AvgIpc) is 2.78. The smallest absolute Gasteiger partial charge is 0.264 e. The fourth-order valence-corrected chi connectivity index (χ4v) is 5.44. The van der Waals surface area contributed by atoms with E-state index >= 15 is 0 Å². The molecular weight excluding hydrogens is 499 g/mol. The number of nitrogens with zero attached hydrogens (tertiary/aromatic N) is 1. The minimum absolute atomic E-state index is 0.0659. The number of rotatable bonds is 9. The van der Waals surface area contributed by atoms with Gasteiger partial charge in [-0.25, -0.2) is 8.42 Å². The Kier molecular flexibility index (Phi) is 8.70. The van der Waals surface area contributed by atoms with E-state index in [0.29, 0.717) is 28.0 Å². The molecule has 0 unspecified atom stereocenters. The van der Waals surface area contributed by atoms with Crippen LogP contribution in [0.4, 0.5) is 5.69 Å². The molecule has 3 rings (SSSR count). The average molecular weight is 524 g/mol. The minimum Gasteiger partial charge on any atom is -0.354 e. The van der Waals surface area contributed by atoms with Crippen molar-refractivity contribution in [3.63, 3.8) is 0 Å². The molecule has 1 amide bonds. The number of aryl methyl sites for hydroxylation is 2. The van der Waals surface area contributed by atoms with Crippen molar-refractivity contribution in [2.75, 3.05) is 23.1 Å². The van der Waals surface area contributed by atoms with Crippen LogP contribution in [-0.2, 0) is 14.8 Å². The molecule has 0 aliphatic rings. The van der Waals surface area contributed by atoms with Crippen LogP contribution < -0.4 is 9.62 Å². The van der Waals surface area contributed by atoms with Crippen LogP contribution in [0.2, 0.25) is 10.0 Å². The van der Waals surface area contributed by atoms with Crippen LogP contribution >= 0.6 is 35.0 Å². The summed E-state index contributed by atoms with van der Waals surface area (Å²) in [5.41, 5.74) is 2.40. The number of carbonyl (C=O) groups excluding carboxylic acids is 1. The summed E-state index contributed by atoms with van der Waals surface area (Å²) in [4.78, 5) is 13.8. The van der Waals surface area contributed by atoms with Gasteiger partial charge in [-0.15, -0.1) is 11.8 Å². The minimum atomic E-state index is -3.98. The van der Waals surface area contributed by atoms with Gasteiger partial charge in [0.05, 0.1) is 10.6 Å². The van der Waals surface area contributed by atoms with Gasteiger partial charge in [-0.3, -0.25) is 9.10 Å². The molecule has 0 saturated carbocycles. The fraction of sp³-hybridized carbons (Fsp3) is 0.208. The van der Waals surface area contributed by atoms with Crippen molar-refractivity contribution in [3.8, 4) is 0 Å². The second kappa shape index (κ2) is 11.3. The first kappa shape index (κ1) is 25.4. The highest BCUT2D eigenvalue weighted by Crippen LogP contribution is 2.26. The van der Waals surface area contributed by atoms with E-state index in [4.69, 9.17) is 23.2 Å². The summed E-state index contributed by atoms with van der Waals surface area (Å²) in [6.07, 6.45) is 0. The summed E-state index contributed by atoms with van der Waals surface area (Å²) in [6, 6.07) is 18.7. The predicted octanol–water partition coefficient (Wildman–Crippen LogP) is 5.71. The normalized spacial score (nSPS) is 11.3. The molecule has 0 spiro atoms. The third kappa shape index (κ3) is 6.90. The monoisotopic (exact) mass is 522 g/mol. The number of anilines is 1. The molecule has 0 fully saturated rings. The summed E-state index contributed by atoms with van der Waals surface area (Å²) in [7, 11) is -3.98. The van der Waals surface area contributed by atoms with E-state index in [1.165, 1.54) is 24.3 Å². The van der Waals surface area contributed by atoms with Crippen LogP contribution in [0.25, 0.3) is 0 Å². The third-order valence-electron chi connectivity index (χ3n) is 4.97. The molecule has 33 heavy (non-hydrogen) atoms. The number of amides is 1. The van der Waals surface area contributed by atoms with Crippen LogP contribution in [-0.4, -0.2) is 33.2 Å². The summed E-state index contributed by atoms with van der Waals surface area (Å²) in [5.74, 6) is 0.253. The van der Waals surface area contributed by atoms with E-state index in [1.54, 1.807) is 23.9 Å². The second-order valence-corrected chi connectivity index (χ2v) is 11.3. The van der Waals surface area contributed by atoms with E-state index in [-0.39, 0.29) is 17.3 Å². The Morgan fingerprint density at radius 3 is 2.12 bits per heavy atom. The molecule has 0 atom stereocenters. The second-order valence-electron chi connectivity index (χ2n) is 7.39. The quantitative estimate of drug-likeness (QED) is 0.288. The Morgan fingerprint density at radius 1 is 0.909 bits per heavy atom. The zero-order chi connectivity index (χ0) is 24.0. The van der Waals surface area contributed by atoms with Gasteiger partial charge in [0.15, 0.2) is 0 Å². The van der Waals surface area contributed by atoms with Crippen molar-refractivity contribution in [3.05, 3.63) is 87.9 Å². The molecule has 0 aliphatic heterocycles. The van der Waals surface area contributed by atoms with E-state index in [0.717, 1.165) is 20.3 Å². The van der Waals surface area contributed by atoms with Gasteiger partial charge >= 0.3 is 0 Å². The molecule has 0 bridgehead atoms. The van der Waals surface area contributed by atoms with Crippen LogP contribution in [0.1, 0.15) is 11.1 Å². The highest BCUT2D eigenvalue weighted by atomic mass is 35.5. The Bertz CT molecular complexity index is 1220.